The molecule has 0 amide bonds. The number of halogens is 2. The fraction of sp³-hybridized carbons (Fsp3) is 0.250. The maximum atomic E-state index is 14.8. The fourth-order valence-corrected chi connectivity index (χ4v) is 4.07. The third kappa shape index (κ3) is 3.01. The Morgan fingerprint density at radius 3 is 2.43 bits per heavy atom. The van der Waals surface area contributed by atoms with Gasteiger partial charge in [-0.25, -0.2) is 12.8 Å². The third-order valence-corrected chi connectivity index (χ3v) is 5.15. The first-order chi connectivity index (χ1) is 10.7. The summed E-state index contributed by atoms with van der Waals surface area (Å²) in [7, 11) is -2.23. The largest absolute Gasteiger partial charge is 0.496 e. The molecule has 124 valence electrons. The Labute approximate surface area is 139 Å². The van der Waals surface area contributed by atoms with Crippen molar-refractivity contribution in [3.8, 4) is 16.9 Å². The van der Waals surface area contributed by atoms with E-state index in [9.17, 15) is 12.8 Å². The molecule has 2 aromatic carbocycles. The number of hydrogen-bond acceptors (Lipinski definition) is 4. The number of ether oxygens (including phenoxy) is 1. The van der Waals surface area contributed by atoms with Gasteiger partial charge < -0.3 is 10.5 Å². The van der Waals surface area contributed by atoms with Crippen molar-refractivity contribution in [1.29, 1.82) is 0 Å². The SMILES string of the molecule is CCc1c(-c2ccccc2OC)c(F)c(Cl)c(N)c1S(C)(=O)=O. The zero-order valence-electron chi connectivity index (χ0n) is 13.0. The van der Waals surface area contributed by atoms with Gasteiger partial charge in [-0.15, -0.1) is 0 Å². The van der Waals surface area contributed by atoms with Gasteiger partial charge in [0, 0.05) is 17.4 Å². The number of rotatable bonds is 4. The average molecular weight is 358 g/mol. The number of anilines is 1. The van der Waals surface area contributed by atoms with Crippen LogP contribution in [0, 0.1) is 5.82 Å². The third-order valence-electron chi connectivity index (χ3n) is 3.57. The average Bonchev–Trinajstić information content (AvgIpc) is 2.51. The summed E-state index contributed by atoms with van der Waals surface area (Å²) in [5.74, 6) is -0.334. The molecule has 0 aliphatic carbocycles. The molecule has 0 heterocycles. The van der Waals surface area contributed by atoms with Gasteiger partial charge in [-0.2, -0.15) is 0 Å². The van der Waals surface area contributed by atoms with Crippen molar-refractivity contribution in [3.63, 3.8) is 0 Å². The van der Waals surface area contributed by atoms with Crippen LogP contribution in [-0.2, 0) is 16.3 Å². The molecule has 0 radical (unpaired) electrons. The molecular formula is C16H17ClFNO3S. The first kappa shape index (κ1) is 17.6. The van der Waals surface area contributed by atoms with Gasteiger partial charge in [-0.05, 0) is 18.1 Å². The second-order valence-electron chi connectivity index (χ2n) is 5.05. The van der Waals surface area contributed by atoms with Crippen LogP contribution in [0.5, 0.6) is 5.75 Å². The molecule has 0 saturated heterocycles. The van der Waals surface area contributed by atoms with Crippen molar-refractivity contribution in [2.45, 2.75) is 18.2 Å². The van der Waals surface area contributed by atoms with E-state index in [1.807, 2.05) is 0 Å². The predicted molar refractivity (Wildman–Crippen MR) is 90.3 cm³/mol. The summed E-state index contributed by atoms with van der Waals surface area (Å²) in [6.45, 7) is 1.73. The molecule has 7 heteroatoms. The molecule has 2 rings (SSSR count). The van der Waals surface area contributed by atoms with Gasteiger partial charge >= 0.3 is 0 Å². The summed E-state index contributed by atoms with van der Waals surface area (Å²) in [5.41, 5.74) is 6.34. The minimum atomic E-state index is -3.68. The lowest BCUT2D eigenvalue weighted by atomic mass is 9.95. The summed E-state index contributed by atoms with van der Waals surface area (Å²) >= 11 is 5.96. The standard InChI is InChI=1S/C16H17ClFNO3S/c1-4-9-12(10-7-5-6-8-11(10)22-2)14(18)13(17)15(19)16(9)23(3,20)21/h5-8H,4,19H2,1-3H3. The van der Waals surface area contributed by atoms with Crippen LogP contribution in [0.3, 0.4) is 0 Å². The van der Waals surface area contributed by atoms with E-state index in [4.69, 9.17) is 22.1 Å². The van der Waals surface area contributed by atoms with Crippen LogP contribution in [-0.4, -0.2) is 21.8 Å². The molecule has 0 atom stereocenters. The van der Waals surface area contributed by atoms with Crippen LogP contribution in [0.1, 0.15) is 12.5 Å². The topological polar surface area (TPSA) is 69.4 Å². The normalized spacial score (nSPS) is 11.5. The number of benzene rings is 2. The molecule has 0 spiro atoms. The molecule has 2 aromatic rings. The minimum absolute atomic E-state index is 0.101. The van der Waals surface area contributed by atoms with E-state index in [0.29, 0.717) is 11.3 Å². The summed E-state index contributed by atoms with van der Waals surface area (Å²) in [6.07, 6.45) is 1.30. The number of nitrogen functional groups attached to an aromatic ring is 1. The molecule has 2 N–H and O–H groups in total. The van der Waals surface area contributed by atoms with Crippen LogP contribution in [0.2, 0.25) is 5.02 Å². The summed E-state index contributed by atoms with van der Waals surface area (Å²) < 4.78 is 44.4. The van der Waals surface area contributed by atoms with Crippen LogP contribution in [0.25, 0.3) is 11.1 Å². The maximum absolute atomic E-state index is 14.8. The molecule has 0 unspecified atom stereocenters. The van der Waals surface area contributed by atoms with Gasteiger partial charge in [-0.3, -0.25) is 0 Å². The van der Waals surface area contributed by atoms with Crippen molar-refractivity contribution in [1.82, 2.24) is 0 Å². The predicted octanol–water partition coefficient (Wildman–Crippen LogP) is 3.70. The Balaban J connectivity index is 3.03. The van der Waals surface area contributed by atoms with Gasteiger partial charge in [0.1, 0.15) is 10.8 Å². The number of hydrogen-bond donors (Lipinski definition) is 1. The fourth-order valence-electron chi connectivity index (χ4n) is 2.63. The van der Waals surface area contributed by atoms with E-state index in [1.54, 1.807) is 31.2 Å². The molecule has 0 bridgehead atoms. The van der Waals surface area contributed by atoms with Crippen LogP contribution >= 0.6 is 11.6 Å². The van der Waals surface area contributed by atoms with E-state index in [1.165, 1.54) is 7.11 Å². The molecule has 0 aliphatic heterocycles. The van der Waals surface area contributed by atoms with Crippen molar-refractivity contribution in [2.75, 3.05) is 19.1 Å². The number of nitrogens with two attached hydrogens (primary N) is 1. The van der Waals surface area contributed by atoms with Crippen molar-refractivity contribution in [3.05, 3.63) is 40.7 Å². The van der Waals surface area contributed by atoms with Gasteiger partial charge in [0.05, 0.1) is 17.7 Å². The lowest BCUT2D eigenvalue weighted by Gasteiger charge is -2.19. The molecule has 4 nitrogen and oxygen atoms in total. The first-order valence-electron chi connectivity index (χ1n) is 6.86. The van der Waals surface area contributed by atoms with E-state index in [2.05, 4.69) is 0 Å². The van der Waals surface area contributed by atoms with Gasteiger partial charge in [0.25, 0.3) is 0 Å². The monoisotopic (exact) mass is 357 g/mol. The van der Waals surface area contributed by atoms with Crippen LogP contribution in [0.4, 0.5) is 10.1 Å². The highest BCUT2D eigenvalue weighted by molar-refractivity contribution is 7.91. The highest BCUT2D eigenvalue weighted by Gasteiger charge is 2.28. The Bertz CT molecular complexity index is 866. The van der Waals surface area contributed by atoms with E-state index in [0.717, 1.165) is 6.26 Å². The van der Waals surface area contributed by atoms with E-state index in [-0.39, 0.29) is 28.1 Å². The van der Waals surface area contributed by atoms with Crippen LogP contribution < -0.4 is 10.5 Å². The number of sulfone groups is 1. The Morgan fingerprint density at radius 2 is 1.91 bits per heavy atom. The maximum Gasteiger partial charge on any atom is 0.177 e. The Morgan fingerprint density at radius 1 is 1.30 bits per heavy atom. The lowest BCUT2D eigenvalue weighted by molar-refractivity contribution is 0.416. The molecule has 0 fully saturated rings. The molecule has 23 heavy (non-hydrogen) atoms. The minimum Gasteiger partial charge on any atom is -0.496 e. The van der Waals surface area contributed by atoms with Crippen molar-refractivity contribution >= 4 is 27.1 Å². The second-order valence-corrected chi connectivity index (χ2v) is 7.38. The smallest absolute Gasteiger partial charge is 0.177 e. The summed E-state index contributed by atoms with van der Waals surface area (Å²) in [4.78, 5) is -0.132. The van der Waals surface area contributed by atoms with Gasteiger partial charge in [-0.1, -0.05) is 36.7 Å². The Kier molecular flexibility index (Phi) is 4.87. The molecule has 0 saturated carbocycles. The quantitative estimate of drug-likeness (QED) is 0.669. The second kappa shape index (κ2) is 6.37. The summed E-state index contributed by atoms with van der Waals surface area (Å²) in [6, 6.07) is 6.76. The van der Waals surface area contributed by atoms with Gasteiger partial charge in [0.2, 0.25) is 0 Å². The van der Waals surface area contributed by atoms with Crippen LogP contribution in [0.15, 0.2) is 29.2 Å². The van der Waals surface area contributed by atoms with E-state index >= 15 is 0 Å². The molecule has 0 aliphatic rings. The zero-order chi connectivity index (χ0) is 17.4. The van der Waals surface area contributed by atoms with Crippen molar-refractivity contribution < 1.29 is 17.5 Å². The highest BCUT2D eigenvalue weighted by Crippen LogP contribution is 2.43. The molecule has 0 aromatic heterocycles. The first-order valence-corrected chi connectivity index (χ1v) is 9.13. The van der Waals surface area contributed by atoms with E-state index < -0.39 is 20.7 Å². The molecular weight excluding hydrogens is 341 g/mol. The lowest BCUT2D eigenvalue weighted by Crippen LogP contribution is -2.11. The highest BCUT2D eigenvalue weighted by atomic mass is 35.5. The van der Waals surface area contributed by atoms with Crippen molar-refractivity contribution in [2.24, 2.45) is 0 Å². The number of methoxy groups -OCH3 is 1. The number of para-hydroxylation sites is 1. The summed E-state index contributed by atoms with van der Waals surface area (Å²) in [5, 5.41) is -0.400. The Hall–Kier alpha value is -1.79. The van der Waals surface area contributed by atoms with Gasteiger partial charge in [0.15, 0.2) is 15.7 Å². The zero-order valence-corrected chi connectivity index (χ0v) is 14.6.